The number of nitrogen functional groups attached to an aromatic ring is 1. The predicted octanol–water partition coefficient (Wildman–Crippen LogP) is 4.43. The second-order valence-corrected chi connectivity index (χ2v) is 6.62. The number of halogens is 2. The smallest absolute Gasteiger partial charge is 0.313 e. The Morgan fingerprint density at radius 1 is 1.17 bits per heavy atom. The van der Waals surface area contributed by atoms with Crippen molar-refractivity contribution in [3.8, 4) is 23.0 Å². The van der Waals surface area contributed by atoms with Crippen molar-refractivity contribution in [2.45, 2.75) is 6.61 Å². The third-order valence-corrected chi connectivity index (χ3v) is 4.27. The number of ether oxygens (including phenoxy) is 2. The van der Waals surface area contributed by atoms with Crippen molar-refractivity contribution < 1.29 is 13.9 Å². The van der Waals surface area contributed by atoms with E-state index in [9.17, 15) is 0 Å². The Morgan fingerprint density at radius 3 is 2.67 bits per heavy atom. The van der Waals surface area contributed by atoms with Gasteiger partial charge in [-0.05, 0) is 45.8 Å². The average molecular weight is 455 g/mol. The van der Waals surface area contributed by atoms with Gasteiger partial charge in [0, 0.05) is 10.0 Å². The van der Waals surface area contributed by atoms with Crippen LogP contribution in [0.4, 0.5) is 6.01 Å². The highest BCUT2D eigenvalue weighted by Gasteiger charge is 2.16. The number of rotatable bonds is 5. The fourth-order valence-corrected chi connectivity index (χ4v) is 3.12. The molecule has 0 aliphatic carbocycles. The highest BCUT2D eigenvalue weighted by Crippen LogP contribution is 2.40. The molecule has 24 heavy (non-hydrogen) atoms. The van der Waals surface area contributed by atoms with Crippen molar-refractivity contribution in [2.24, 2.45) is 0 Å². The number of hydrogen-bond donors (Lipinski definition) is 1. The molecule has 2 N–H and O–H groups in total. The van der Waals surface area contributed by atoms with Crippen molar-refractivity contribution >= 4 is 37.9 Å². The first-order valence-corrected chi connectivity index (χ1v) is 8.49. The van der Waals surface area contributed by atoms with Crippen LogP contribution in [0.5, 0.6) is 11.5 Å². The van der Waals surface area contributed by atoms with Crippen molar-refractivity contribution in [2.75, 3.05) is 12.8 Å². The van der Waals surface area contributed by atoms with E-state index in [1.165, 1.54) is 0 Å². The van der Waals surface area contributed by atoms with Crippen LogP contribution < -0.4 is 15.2 Å². The summed E-state index contributed by atoms with van der Waals surface area (Å²) in [7, 11) is 1.57. The molecule has 1 aromatic heterocycles. The Hall–Kier alpha value is -2.06. The van der Waals surface area contributed by atoms with E-state index in [0.29, 0.717) is 34.0 Å². The third kappa shape index (κ3) is 3.70. The maximum Gasteiger partial charge on any atom is 0.313 e. The quantitative estimate of drug-likeness (QED) is 0.613. The SMILES string of the molecule is COc1cc(-c2nnc(N)o2)cc(Br)c1OCc1cccc(Br)c1. The monoisotopic (exact) mass is 453 g/mol. The molecule has 124 valence electrons. The summed E-state index contributed by atoms with van der Waals surface area (Å²) >= 11 is 6.94. The van der Waals surface area contributed by atoms with Gasteiger partial charge in [-0.3, -0.25) is 0 Å². The first-order chi connectivity index (χ1) is 11.6. The van der Waals surface area contributed by atoms with Gasteiger partial charge in [0.05, 0.1) is 11.6 Å². The molecule has 0 aliphatic heterocycles. The second kappa shape index (κ2) is 7.23. The minimum absolute atomic E-state index is 0.00932. The van der Waals surface area contributed by atoms with Gasteiger partial charge >= 0.3 is 6.01 Å². The molecule has 8 heteroatoms. The van der Waals surface area contributed by atoms with E-state index in [2.05, 4.69) is 42.1 Å². The summed E-state index contributed by atoms with van der Waals surface area (Å²) < 4.78 is 18.3. The molecule has 0 amide bonds. The molecule has 0 saturated carbocycles. The van der Waals surface area contributed by atoms with Gasteiger partial charge in [-0.2, -0.15) is 0 Å². The summed E-state index contributed by atoms with van der Waals surface area (Å²) in [6.45, 7) is 0.404. The standard InChI is InChI=1S/C16H13Br2N3O3/c1-22-13-7-10(15-20-21-16(19)24-15)6-12(18)14(13)23-8-9-3-2-4-11(17)5-9/h2-7H,8H2,1H3,(H2,19,21). The molecule has 1 heterocycles. The average Bonchev–Trinajstić information content (AvgIpc) is 2.99. The van der Waals surface area contributed by atoms with Crippen LogP contribution in [0, 0.1) is 0 Å². The van der Waals surface area contributed by atoms with Gasteiger partial charge in [-0.25, -0.2) is 0 Å². The molecule has 0 fully saturated rings. The Balaban J connectivity index is 1.87. The summed E-state index contributed by atoms with van der Waals surface area (Å²) in [4.78, 5) is 0. The number of nitrogens with zero attached hydrogens (tertiary/aromatic N) is 2. The molecule has 6 nitrogen and oxygen atoms in total. The Labute approximate surface area is 155 Å². The summed E-state index contributed by atoms with van der Waals surface area (Å²) in [6.07, 6.45) is 0. The van der Waals surface area contributed by atoms with E-state index in [1.54, 1.807) is 13.2 Å². The Kier molecular flexibility index (Phi) is 5.06. The van der Waals surface area contributed by atoms with Crippen molar-refractivity contribution in [3.05, 3.63) is 50.9 Å². The third-order valence-electron chi connectivity index (χ3n) is 3.19. The lowest BCUT2D eigenvalue weighted by Crippen LogP contribution is -1.99. The topological polar surface area (TPSA) is 83.4 Å². The highest BCUT2D eigenvalue weighted by atomic mass is 79.9. The molecule has 2 aromatic carbocycles. The van der Waals surface area contributed by atoms with Gasteiger partial charge < -0.3 is 19.6 Å². The van der Waals surface area contributed by atoms with Crippen LogP contribution in [0.25, 0.3) is 11.5 Å². The lowest BCUT2D eigenvalue weighted by Gasteiger charge is -2.13. The number of nitrogens with two attached hydrogens (primary N) is 1. The van der Waals surface area contributed by atoms with Crippen LogP contribution in [0.3, 0.4) is 0 Å². The fourth-order valence-electron chi connectivity index (χ4n) is 2.12. The van der Waals surface area contributed by atoms with E-state index >= 15 is 0 Å². The van der Waals surface area contributed by atoms with Gasteiger partial charge in [-0.15, -0.1) is 5.10 Å². The minimum atomic E-state index is 0.00932. The zero-order valence-electron chi connectivity index (χ0n) is 12.6. The number of hydrogen-bond acceptors (Lipinski definition) is 6. The van der Waals surface area contributed by atoms with Crippen molar-refractivity contribution in [3.63, 3.8) is 0 Å². The normalized spacial score (nSPS) is 10.6. The summed E-state index contributed by atoms with van der Waals surface area (Å²) in [5, 5.41) is 7.53. The van der Waals surface area contributed by atoms with E-state index < -0.39 is 0 Å². The van der Waals surface area contributed by atoms with E-state index in [0.717, 1.165) is 10.0 Å². The summed E-state index contributed by atoms with van der Waals surface area (Å²) in [5.74, 6) is 1.45. The number of benzene rings is 2. The van der Waals surface area contributed by atoms with Crippen LogP contribution >= 0.6 is 31.9 Å². The number of anilines is 1. The maximum atomic E-state index is 5.91. The van der Waals surface area contributed by atoms with Crippen LogP contribution in [-0.2, 0) is 6.61 Å². The van der Waals surface area contributed by atoms with Gasteiger partial charge in [0.1, 0.15) is 6.61 Å². The van der Waals surface area contributed by atoms with E-state index in [-0.39, 0.29) is 6.01 Å². The van der Waals surface area contributed by atoms with E-state index in [4.69, 9.17) is 19.6 Å². The molecule has 0 aliphatic rings. The van der Waals surface area contributed by atoms with E-state index in [1.807, 2.05) is 30.3 Å². The molecule has 0 atom stereocenters. The lowest BCUT2D eigenvalue weighted by molar-refractivity contribution is 0.282. The molecule has 0 radical (unpaired) electrons. The highest BCUT2D eigenvalue weighted by molar-refractivity contribution is 9.10. The van der Waals surface area contributed by atoms with Crippen molar-refractivity contribution in [1.29, 1.82) is 0 Å². The van der Waals surface area contributed by atoms with Gasteiger partial charge in [0.2, 0.25) is 5.89 Å². The first-order valence-electron chi connectivity index (χ1n) is 6.91. The summed E-state index contributed by atoms with van der Waals surface area (Å²) in [6, 6.07) is 11.5. The molecule has 3 rings (SSSR count). The van der Waals surface area contributed by atoms with Crippen LogP contribution in [0.1, 0.15) is 5.56 Å². The lowest BCUT2D eigenvalue weighted by atomic mass is 10.2. The molecule has 0 unspecified atom stereocenters. The van der Waals surface area contributed by atoms with Gasteiger partial charge in [0.25, 0.3) is 0 Å². The molecular weight excluding hydrogens is 442 g/mol. The zero-order valence-corrected chi connectivity index (χ0v) is 15.8. The van der Waals surface area contributed by atoms with Gasteiger partial charge in [0.15, 0.2) is 11.5 Å². The second-order valence-electron chi connectivity index (χ2n) is 4.85. The Bertz CT molecular complexity index is 868. The zero-order chi connectivity index (χ0) is 17.1. The number of methoxy groups -OCH3 is 1. The molecule has 0 saturated heterocycles. The minimum Gasteiger partial charge on any atom is -0.493 e. The number of aromatic nitrogens is 2. The first kappa shape index (κ1) is 16.8. The predicted molar refractivity (Wildman–Crippen MR) is 96.9 cm³/mol. The fraction of sp³-hybridized carbons (Fsp3) is 0.125. The largest absolute Gasteiger partial charge is 0.493 e. The van der Waals surface area contributed by atoms with Crippen LogP contribution in [0.15, 0.2) is 49.8 Å². The maximum absolute atomic E-state index is 5.91. The van der Waals surface area contributed by atoms with Crippen molar-refractivity contribution in [1.82, 2.24) is 10.2 Å². The molecular formula is C16H13Br2N3O3. The summed E-state index contributed by atoms with van der Waals surface area (Å²) in [5.41, 5.74) is 7.18. The molecule has 0 spiro atoms. The Morgan fingerprint density at radius 2 is 2.00 bits per heavy atom. The molecule has 3 aromatic rings. The van der Waals surface area contributed by atoms with Gasteiger partial charge in [-0.1, -0.05) is 33.2 Å². The molecule has 0 bridgehead atoms. The van der Waals surface area contributed by atoms with Crippen LogP contribution in [0.2, 0.25) is 0 Å². The van der Waals surface area contributed by atoms with Crippen LogP contribution in [-0.4, -0.2) is 17.3 Å².